The molecule has 1 heterocycles. The van der Waals surface area contributed by atoms with Gasteiger partial charge in [-0.25, -0.2) is 8.42 Å². The Hall–Kier alpha value is -0.520. The third kappa shape index (κ3) is 4.00. The van der Waals surface area contributed by atoms with E-state index >= 15 is 0 Å². The lowest BCUT2D eigenvalue weighted by Crippen LogP contribution is -2.36. The van der Waals surface area contributed by atoms with E-state index in [1.54, 1.807) is 0 Å². The summed E-state index contributed by atoms with van der Waals surface area (Å²) in [5, 5.41) is 3.83. The zero-order valence-corrected chi connectivity index (χ0v) is 12.4. The van der Waals surface area contributed by atoms with E-state index in [0.29, 0.717) is 5.25 Å². The van der Waals surface area contributed by atoms with Crippen molar-refractivity contribution in [3.05, 3.63) is 29.8 Å². The second-order valence-electron chi connectivity index (χ2n) is 4.95. The molecule has 0 bridgehead atoms. The Morgan fingerprint density at radius 2 is 2.17 bits per heavy atom. The number of rotatable bonds is 5. The standard InChI is InChI=1S/C13H19NO2S2/c1-10(9-18(2,15)16)14-8-12-7-11-5-3-4-6-13(11)17-12/h3-6,10,12,14H,7-9H2,1-2H3. The average Bonchev–Trinajstić information content (AvgIpc) is 2.66. The summed E-state index contributed by atoms with van der Waals surface area (Å²) in [5.74, 6) is 0.206. The van der Waals surface area contributed by atoms with Gasteiger partial charge in [0, 0.05) is 29.0 Å². The van der Waals surface area contributed by atoms with Crippen molar-refractivity contribution in [1.82, 2.24) is 5.32 Å². The molecule has 1 N–H and O–H groups in total. The van der Waals surface area contributed by atoms with Crippen LogP contribution in [0.3, 0.4) is 0 Å². The average molecular weight is 285 g/mol. The highest BCUT2D eigenvalue weighted by Crippen LogP contribution is 2.36. The fraction of sp³-hybridized carbons (Fsp3) is 0.538. The van der Waals surface area contributed by atoms with E-state index in [1.165, 1.54) is 16.7 Å². The van der Waals surface area contributed by atoms with E-state index in [9.17, 15) is 8.42 Å². The molecule has 3 nitrogen and oxygen atoms in total. The van der Waals surface area contributed by atoms with Crippen LogP contribution in [-0.2, 0) is 16.3 Å². The second-order valence-corrected chi connectivity index (χ2v) is 8.48. The van der Waals surface area contributed by atoms with Crippen molar-refractivity contribution < 1.29 is 8.42 Å². The second kappa shape index (κ2) is 5.63. The minimum Gasteiger partial charge on any atom is -0.312 e. The molecule has 2 rings (SSSR count). The Morgan fingerprint density at radius 1 is 1.44 bits per heavy atom. The van der Waals surface area contributed by atoms with E-state index < -0.39 is 9.84 Å². The summed E-state index contributed by atoms with van der Waals surface area (Å²) in [7, 11) is -2.89. The molecule has 1 aliphatic heterocycles. The van der Waals surface area contributed by atoms with E-state index in [-0.39, 0.29) is 11.8 Å². The molecule has 1 aliphatic rings. The molecule has 2 unspecified atom stereocenters. The van der Waals surface area contributed by atoms with Crippen LogP contribution < -0.4 is 5.32 Å². The zero-order chi connectivity index (χ0) is 13.2. The molecule has 1 aromatic rings. The van der Waals surface area contributed by atoms with Crippen LogP contribution in [0.25, 0.3) is 0 Å². The SMILES string of the molecule is CC(CS(C)(=O)=O)NCC1Cc2ccccc2S1. The Morgan fingerprint density at radius 3 is 2.83 bits per heavy atom. The van der Waals surface area contributed by atoms with Crippen LogP contribution in [0.4, 0.5) is 0 Å². The van der Waals surface area contributed by atoms with Crippen molar-refractivity contribution in [1.29, 1.82) is 0 Å². The molecule has 18 heavy (non-hydrogen) atoms. The van der Waals surface area contributed by atoms with Gasteiger partial charge < -0.3 is 5.32 Å². The van der Waals surface area contributed by atoms with Crippen LogP contribution >= 0.6 is 11.8 Å². The summed E-state index contributed by atoms with van der Waals surface area (Å²) in [6, 6.07) is 8.47. The van der Waals surface area contributed by atoms with Crippen LogP contribution in [-0.4, -0.2) is 38.3 Å². The van der Waals surface area contributed by atoms with Gasteiger partial charge >= 0.3 is 0 Å². The van der Waals surface area contributed by atoms with Crippen LogP contribution in [0.5, 0.6) is 0 Å². The molecule has 0 saturated carbocycles. The molecular weight excluding hydrogens is 266 g/mol. The molecule has 0 saturated heterocycles. The molecule has 0 amide bonds. The fourth-order valence-electron chi connectivity index (χ4n) is 2.21. The maximum Gasteiger partial charge on any atom is 0.148 e. The number of hydrogen-bond donors (Lipinski definition) is 1. The smallest absolute Gasteiger partial charge is 0.148 e. The minimum atomic E-state index is -2.89. The maximum atomic E-state index is 11.2. The Balaban J connectivity index is 1.80. The highest BCUT2D eigenvalue weighted by molar-refractivity contribution is 8.00. The van der Waals surface area contributed by atoms with Crippen molar-refractivity contribution in [3.8, 4) is 0 Å². The number of sulfone groups is 1. The van der Waals surface area contributed by atoms with E-state index in [0.717, 1.165) is 13.0 Å². The van der Waals surface area contributed by atoms with Gasteiger partial charge in [-0.3, -0.25) is 0 Å². The zero-order valence-electron chi connectivity index (χ0n) is 10.7. The largest absolute Gasteiger partial charge is 0.312 e. The molecule has 2 atom stereocenters. The van der Waals surface area contributed by atoms with Crippen LogP contribution in [0, 0.1) is 0 Å². The first kappa shape index (κ1) is 13.9. The first-order valence-electron chi connectivity index (χ1n) is 6.10. The molecule has 0 radical (unpaired) electrons. The molecule has 0 fully saturated rings. The molecule has 0 spiro atoms. The predicted octanol–water partition coefficient (Wildman–Crippen LogP) is 1.73. The summed E-state index contributed by atoms with van der Waals surface area (Å²) >= 11 is 1.88. The fourth-order valence-corrected chi connectivity index (χ4v) is 4.50. The third-order valence-electron chi connectivity index (χ3n) is 2.96. The quantitative estimate of drug-likeness (QED) is 0.895. The Kier molecular flexibility index (Phi) is 4.35. The number of benzene rings is 1. The monoisotopic (exact) mass is 285 g/mol. The van der Waals surface area contributed by atoms with Crippen molar-refractivity contribution in [2.45, 2.75) is 29.5 Å². The highest BCUT2D eigenvalue weighted by atomic mass is 32.2. The Bertz CT molecular complexity index is 488. The molecule has 0 aliphatic carbocycles. The molecule has 100 valence electrons. The lowest BCUT2D eigenvalue weighted by Gasteiger charge is -2.15. The molecule has 0 aromatic heterocycles. The maximum absolute atomic E-state index is 11.2. The van der Waals surface area contributed by atoms with Crippen molar-refractivity contribution in [2.24, 2.45) is 0 Å². The van der Waals surface area contributed by atoms with Crippen LogP contribution in [0.1, 0.15) is 12.5 Å². The van der Waals surface area contributed by atoms with Gasteiger partial charge in [-0.1, -0.05) is 18.2 Å². The van der Waals surface area contributed by atoms with Crippen molar-refractivity contribution in [3.63, 3.8) is 0 Å². The van der Waals surface area contributed by atoms with Gasteiger partial charge in [0.25, 0.3) is 0 Å². The van der Waals surface area contributed by atoms with Crippen molar-refractivity contribution >= 4 is 21.6 Å². The highest BCUT2D eigenvalue weighted by Gasteiger charge is 2.22. The van der Waals surface area contributed by atoms with Crippen molar-refractivity contribution in [2.75, 3.05) is 18.6 Å². The van der Waals surface area contributed by atoms with Gasteiger partial charge in [-0.15, -0.1) is 11.8 Å². The number of nitrogens with one attached hydrogen (secondary N) is 1. The van der Waals surface area contributed by atoms with Gasteiger partial charge in [0.15, 0.2) is 0 Å². The summed E-state index contributed by atoms with van der Waals surface area (Å²) in [5.41, 5.74) is 1.41. The van der Waals surface area contributed by atoms with Gasteiger partial charge in [0.1, 0.15) is 9.84 Å². The third-order valence-corrected chi connectivity index (χ3v) is 5.38. The summed E-state index contributed by atoms with van der Waals surface area (Å²) in [6.45, 7) is 2.78. The summed E-state index contributed by atoms with van der Waals surface area (Å²) < 4.78 is 22.3. The van der Waals surface area contributed by atoms with Gasteiger partial charge in [-0.05, 0) is 25.0 Å². The summed E-state index contributed by atoms with van der Waals surface area (Å²) in [6.07, 6.45) is 2.35. The molecule has 1 aromatic carbocycles. The van der Waals surface area contributed by atoms with E-state index in [4.69, 9.17) is 0 Å². The van der Waals surface area contributed by atoms with E-state index in [2.05, 4.69) is 29.6 Å². The van der Waals surface area contributed by atoms with Crippen LogP contribution in [0.15, 0.2) is 29.2 Å². The molecule has 5 heteroatoms. The molecular formula is C13H19NO2S2. The number of fused-ring (bicyclic) bond motifs is 1. The lowest BCUT2D eigenvalue weighted by atomic mass is 10.1. The topological polar surface area (TPSA) is 46.2 Å². The number of hydrogen-bond acceptors (Lipinski definition) is 4. The number of thioether (sulfide) groups is 1. The summed E-state index contributed by atoms with van der Waals surface area (Å²) in [4.78, 5) is 1.36. The van der Waals surface area contributed by atoms with Gasteiger partial charge in [0.05, 0.1) is 5.75 Å². The first-order chi connectivity index (χ1) is 8.44. The van der Waals surface area contributed by atoms with Gasteiger partial charge in [0.2, 0.25) is 0 Å². The first-order valence-corrected chi connectivity index (χ1v) is 9.04. The van der Waals surface area contributed by atoms with Crippen LogP contribution in [0.2, 0.25) is 0 Å². The predicted molar refractivity (Wildman–Crippen MR) is 77.0 cm³/mol. The minimum absolute atomic E-state index is 0.0179. The van der Waals surface area contributed by atoms with E-state index in [1.807, 2.05) is 18.7 Å². The normalized spacial score (nSPS) is 20.7. The Labute approximate surface area is 113 Å². The van der Waals surface area contributed by atoms with Gasteiger partial charge in [-0.2, -0.15) is 0 Å². The lowest BCUT2D eigenvalue weighted by molar-refractivity contribution is 0.556.